The van der Waals surface area contributed by atoms with Crippen molar-refractivity contribution in [3.63, 3.8) is 0 Å². The zero-order valence-corrected chi connectivity index (χ0v) is 20.8. The topological polar surface area (TPSA) is 76.6 Å². The van der Waals surface area contributed by atoms with Gasteiger partial charge in [0, 0.05) is 42.5 Å². The normalized spacial score (nSPS) is 10.5. The Balaban J connectivity index is 1.41. The van der Waals surface area contributed by atoms with Crippen LogP contribution in [0.1, 0.15) is 29.8 Å². The molecule has 184 valence electrons. The Kier molecular flexibility index (Phi) is 8.13. The van der Waals surface area contributed by atoms with Gasteiger partial charge in [-0.3, -0.25) is 4.79 Å². The molecule has 0 atom stereocenters. The van der Waals surface area contributed by atoms with Crippen molar-refractivity contribution in [2.24, 2.45) is 0 Å². The molecule has 7 heteroatoms. The van der Waals surface area contributed by atoms with Gasteiger partial charge in [-0.2, -0.15) is 0 Å². The summed E-state index contributed by atoms with van der Waals surface area (Å²) in [5, 5.41) is 3.00. The summed E-state index contributed by atoms with van der Waals surface area (Å²) < 4.78 is 11.0. The van der Waals surface area contributed by atoms with E-state index in [-0.39, 0.29) is 5.91 Å². The van der Waals surface area contributed by atoms with Gasteiger partial charge >= 0.3 is 0 Å². The fraction of sp³-hybridized carbons (Fsp3) is 0.207. The third-order valence-corrected chi connectivity index (χ3v) is 5.86. The summed E-state index contributed by atoms with van der Waals surface area (Å²) in [7, 11) is 1.62. The fourth-order valence-corrected chi connectivity index (χ4v) is 3.84. The van der Waals surface area contributed by atoms with Crippen molar-refractivity contribution in [3.05, 3.63) is 96.3 Å². The molecule has 4 rings (SSSR count). The smallest absolute Gasteiger partial charge is 0.251 e. The van der Waals surface area contributed by atoms with Crippen molar-refractivity contribution in [2.45, 2.75) is 20.4 Å². The second-order valence-electron chi connectivity index (χ2n) is 8.12. The maximum atomic E-state index is 12.8. The second kappa shape index (κ2) is 11.8. The fourth-order valence-electron chi connectivity index (χ4n) is 3.84. The number of carbonyl (C=O) groups is 1. The van der Waals surface area contributed by atoms with Crippen LogP contribution in [0.2, 0.25) is 0 Å². The van der Waals surface area contributed by atoms with Gasteiger partial charge in [-0.25, -0.2) is 9.97 Å². The molecule has 0 saturated heterocycles. The Labute approximate surface area is 211 Å². The molecule has 0 radical (unpaired) electrons. The van der Waals surface area contributed by atoms with Crippen LogP contribution in [0.15, 0.2) is 85.2 Å². The number of hydrogen-bond donors (Lipinski definition) is 1. The quantitative estimate of drug-likeness (QED) is 0.312. The molecule has 0 saturated carbocycles. The molecule has 4 aromatic rings. The molecular weight excluding hydrogens is 452 g/mol. The number of amides is 1. The Morgan fingerprint density at radius 2 is 1.61 bits per heavy atom. The van der Waals surface area contributed by atoms with Gasteiger partial charge < -0.3 is 19.7 Å². The van der Waals surface area contributed by atoms with Crippen molar-refractivity contribution in [3.8, 4) is 28.6 Å². The highest BCUT2D eigenvalue weighted by Gasteiger charge is 2.10. The molecule has 3 aromatic carbocycles. The minimum Gasteiger partial charge on any atom is -0.497 e. The second-order valence-corrected chi connectivity index (χ2v) is 8.12. The first-order valence-electron chi connectivity index (χ1n) is 12.0. The first-order chi connectivity index (χ1) is 17.6. The molecule has 1 N–H and O–H groups in total. The molecule has 0 unspecified atom stereocenters. The number of benzene rings is 3. The van der Waals surface area contributed by atoms with Gasteiger partial charge in [0.25, 0.3) is 5.91 Å². The molecule has 1 aromatic heterocycles. The number of anilines is 1. The van der Waals surface area contributed by atoms with E-state index < -0.39 is 0 Å². The number of rotatable bonds is 10. The summed E-state index contributed by atoms with van der Waals surface area (Å²) in [6.45, 7) is 6.66. The van der Waals surface area contributed by atoms with E-state index in [1.807, 2.05) is 42.5 Å². The lowest BCUT2D eigenvalue weighted by Gasteiger charge is -2.21. The van der Waals surface area contributed by atoms with Gasteiger partial charge in [0.05, 0.1) is 12.8 Å². The maximum Gasteiger partial charge on any atom is 0.251 e. The van der Waals surface area contributed by atoms with Crippen LogP contribution in [0.5, 0.6) is 17.4 Å². The molecule has 7 nitrogen and oxygen atoms in total. The van der Waals surface area contributed by atoms with E-state index in [9.17, 15) is 4.79 Å². The van der Waals surface area contributed by atoms with Crippen LogP contribution in [-0.4, -0.2) is 36.1 Å². The van der Waals surface area contributed by atoms with Crippen LogP contribution in [-0.2, 0) is 6.54 Å². The number of methoxy groups -OCH3 is 1. The summed E-state index contributed by atoms with van der Waals surface area (Å²) in [6.07, 6.45) is 1.45. The average molecular weight is 483 g/mol. The molecule has 0 spiro atoms. The number of aromatic nitrogens is 2. The van der Waals surface area contributed by atoms with E-state index in [2.05, 4.69) is 58.3 Å². The molecule has 0 aliphatic carbocycles. The summed E-state index contributed by atoms with van der Waals surface area (Å²) in [5.74, 6) is 1.65. The molecule has 1 amide bonds. The van der Waals surface area contributed by atoms with Crippen LogP contribution in [0.25, 0.3) is 11.3 Å². The molecule has 0 aliphatic heterocycles. The van der Waals surface area contributed by atoms with E-state index >= 15 is 0 Å². The summed E-state index contributed by atoms with van der Waals surface area (Å²) >= 11 is 0. The minimum absolute atomic E-state index is 0.145. The van der Waals surface area contributed by atoms with E-state index in [1.54, 1.807) is 19.2 Å². The van der Waals surface area contributed by atoms with E-state index in [0.29, 0.717) is 29.4 Å². The monoisotopic (exact) mass is 482 g/mol. The largest absolute Gasteiger partial charge is 0.497 e. The lowest BCUT2D eigenvalue weighted by atomic mass is 10.1. The van der Waals surface area contributed by atoms with Crippen LogP contribution in [0, 0.1) is 0 Å². The minimum atomic E-state index is -0.145. The number of hydrogen-bond acceptors (Lipinski definition) is 6. The van der Waals surface area contributed by atoms with Crippen molar-refractivity contribution in [1.82, 2.24) is 15.3 Å². The zero-order chi connectivity index (χ0) is 25.3. The first kappa shape index (κ1) is 24.7. The average Bonchev–Trinajstić information content (AvgIpc) is 2.94. The number of nitrogens with one attached hydrogen (secondary N) is 1. The Morgan fingerprint density at radius 1 is 0.889 bits per heavy atom. The predicted octanol–water partition coefficient (Wildman–Crippen LogP) is 5.72. The molecule has 0 fully saturated rings. The molecule has 1 heterocycles. The third-order valence-electron chi connectivity index (χ3n) is 5.86. The van der Waals surface area contributed by atoms with Crippen LogP contribution >= 0.6 is 0 Å². The van der Waals surface area contributed by atoms with Crippen molar-refractivity contribution < 1.29 is 14.3 Å². The SMILES string of the molecule is CCN(CC)c1ccc(CNC(=O)c2cccc(-c3cc(Oc4ccc(OC)cc4)ncn3)c2)cc1. The number of ether oxygens (including phenoxy) is 2. The van der Waals surface area contributed by atoms with Crippen LogP contribution in [0.3, 0.4) is 0 Å². The first-order valence-corrected chi connectivity index (χ1v) is 12.0. The van der Waals surface area contributed by atoms with Gasteiger partial charge in [0.1, 0.15) is 17.8 Å². The van der Waals surface area contributed by atoms with Crippen molar-refractivity contribution in [1.29, 1.82) is 0 Å². The summed E-state index contributed by atoms with van der Waals surface area (Å²) in [6, 6.07) is 24.6. The highest BCUT2D eigenvalue weighted by molar-refractivity contribution is 5.95. The number of nitrogens with zero attached hydrogens (tertiary/aromatic N) is 3. The standard InChI is InChI=1S/C29H30N4O3/c1-4-33(5-2)24-11-9-21(10-12-24)19-30-29(34)23-8-6-7-22(17-23)27-18-28(32-20-31-27)36-26-15-13-25(35-3)14-16-26/h6-18,20H,4-5,19H2,1-3H3,(H,30,34). The third kappa shape index (κ3) is 6.18. The van der Waals surface area contributed by atoms with E-state index in [4.69, 9.17) is 9.47 Å². The maximum absolute atomic E-state index is 12.8. The molecule has 0 bridgehead atoms. The van der Waals surface area contributed by atoms with Gasteiger partial charge in [0.15, 0.2) is 0 Å². The number of carbonyl (C=O) groups excluding carboxylic acids is 1. The van der Waals surface area contributed by atoms with Gasteiger partial charge in [0.2, 0.25) is 5.88 Å². The Bertz CT molecular complexity index is 1290. The van der Waals surface area contributed by atoms with Gasteiger partial charge in [-0.05, 0) is 67.9 Å². The predicted molar refractivity (Wildman–Crippen MR) is 142 cm³/mol. The highest BCUT2D eigenvalue weighted by Crippen LogP contribution is 2.26. The lowest BCUT2D eigenvalue weighted by molar-refractivity contribution is 0.0951. The zero-order valence-electron chi connectivity index (χ0n) is 20.8. The van der Waals surface area contributed by atoms with Crippen molar-refractivity contribution >= 4 is 11.6 Å². The lowest BCUT2D eigenvalue weighted by Crippen LogP contribution is -2.23. The van der Waals surface area contributed by atoms with Crippen LogP contribution < -0.4 is 19.7 Å². The van der Waals surface area contributed by atoms with E-state index in [0.717, 1.165) is 30.0 Å². The molecule has 36 heavy (non-hydrogen) atoms. The van der Waals surface area contributed by atoms with Gasteiger partial charge in [-0.1, -0.05) is 24.3 Å². The summed E-state index contributed by atoms with van der Waals surface area (Å²) in [4.78, 5) is 23.7. The highest BCUT2D eigenvalue weighted by atomic mass is 16.5. The Hall–Kier alpha value is -4.39. The molecule has 0 aliphatic rings. The van der Waals surface area contributed by atoms with Crippen LogP contribution in [0.4, 0.5) is 5.69 Å². The summed E-state index contributed by atoms with van der Waals surface area (Å²) in [5.41, 5.74) is 4.25. The van der Waals surface area contributed by atoms with Gasteiger partial charge in [-0.15, -0.1) is 0 Å². The Morgan fingerprint density at radius 3 is 2.31 bits per heavy atom. The van der Waals surface area contributed by atoms with E-state index in [1.165, 1.54) is 12.0 Å². The van der Waals surface area contributed by atoms with Crippen molar-refractivity contribution in [2.75, 3.05) is 25.1 Å². The molecular formula is C29H30N4O3.